The van der Waals surface area contributed by atoms with E-state index in [0.29, 0.717) is 11.6 Å². The Labute approximate surface area is 149 Å². The Hall–Kier alpha value is -1.52. The summed E-state index contributed by atoms with van der Waals surface area (Å²) >= 11 is 6.12. The van der Waals surface area contributed by atoms with Crippen LogP contribution in [0.3, 0.4) is 0 Å². The molecule has 2 rings (SSSR count). The number of aromatic nitrogens is 1. The van der Waals surface area contributed by atoms with Crippen LogP contribution in [0.4, 0.5) is 0 Å². The fourth-order valence-electron chi connectivity index (χ4n) is 3.24. The lowest BCUT2D eigenvalue weighted by Crippen LogP contribution is -2.31. The van der Waals surface area contributed by atoms with Gasteiger partial charge in [-0.15, -0.1) is 0 Å². The third-order valence-corrected chi connectivity index (χ3v) is 4.88. The molecular weight excluding hydrogens is 322 g/mol. The topological polar surface area (TPSA) is 37.3 Å². The molecule has 1 amide bonds. The van der Waals surface area contributed by atoms with Crippen LogP contribution >= 0.6 is 11.6 Å². The van der Waals surface area contributed by atoms with E-state index in [9.17, 15) is 4.79 Å². The number of aryl methyl sites for hydroxylation is 2. The minimum atomic E-state index is 0.00113. The van der Waals surface area contributed by atoms with Gasteiger partial charge in [0, 0.05) is 29.0 Å². The molecule has 132 valence electrons. The number of amides is 1. The Morgan fingerprint density at radius 3 is 2.58 bits per heavy atom. The fraction of sp³-hybridized carbons (Fsp3) is 0.526. The Bertz CT molecular complexity index is 704. The Morgan fingerprint density at radius 1 is 1.25 bits per heavy atom. The van der Waals surface area contributed by atoms with Crippen molar-refractivity contribution in [2.45, 2.75) is 40.7 Å². The highest BCUT2D eigenvalue weighted by atomic mass is 35.5. The van der Waals surface area contributed by atoms with E-state index in [1.165, 1.54) is 0 Å². The number of nitrogens with zero attached hydrogens (tertiary/aromatic N) is 2. The van der Waals surface area contributed by atoms with Gasteiger partial charge < -0.3 is 14.8 Å². The number of carbonyl (C=O) groups is 1. The van der Waals surface area contributed by atoms with Crippen molar-refractivity contribution in [3.05, 3.63) is 34.5 Å². The molecule has 0 saturated carbocycles. The molecule has 1 N–H and O–H groups in total. The Morgan fingerprint density at radius 2 is 1.96 bits per heavy atom. The number of fused-ring (bicyclic) bond motifs is 1. The van der Waals surface area contributed by atoms with Gasteiger partial charge in [-0.2, -0.15) is 0 Å². The third-order valence-electron chi connectivity index (χ3n) is 4.64. The van der Waals surface area contributed by atoms with Crippen molar-refractivity contribution in [1.82, 2.24) is 14.8 Å². The molecule has 0 bridgehead atoms. The largest absolute Gasteiger partial charge is 0.351 e. The minimum Gasteiger partial charge on any atom is -0.351 e. The van der Waals surface area contributed by atoms with E-state index < -0.39 is 0 Å². The zero-order chi connectivity index (χ0) is 17.7. The Balaban J connectivity index is 2.13. The van der Waals surface area contributed by atoms with Gasteiger partial charge in [0.25, 0.3) is 5.91 Å². The summed E-state index contributed by atoms with van der Waals surface area (Å²) in [6, 6.07) is 5.81. The van der Waals surface area contributed by atoms with Crippen LogP contribution in [0.25, 0.3) is 10.9 Å². The normalized spacial score (nSPS) is 11.4. The highest BCUT2D eigenvalue weighted by Crippen LogP contribution is 2.28. The number of rotatable bonds is 8. The van der Waals surface area contributed by atoms with E-state index in [-0.39, 0.29) is 5.91 Å². The molecule has 0 aliphatic heterocycles. The van der Waals surface area contributed by atoms with E-state index in [2.05, 4.69) is 35.6 Å². The van der Waals surface area contributed by atoms with Crippen molar-refractivity contribution in [2.24, 2.45) is 0 Å². The standard InChI is InChI=1S/C19H28ClN3O/c1-5-22(6-2)12-8-11-21-19(24)18-14(4)16-13-15(20)9-10-17(16)23(18)7-3/h9-10,13H,5-8,11-12H2,1-4H3,(H,21,24). The van der Waals surface area contributed by atoms with E-state index >= 15 is 0 Å². The van der Waals surface area contributed by atoms with E-state index in [4.69, 9.17) is 11.6 Å². The first-order valence-electron chi connectivity index (χ1n) is 8.82. The smallest absolute Gasteiger partial charge is 0.268 e. The predicted octanol–water partition coefficient (Wildman–Crippen LogP) is 4.08. The molecule has 1 aromatic carbocycles. The van der Waals surface area contributed by atoms with Crippen molar-refractivity contribution in [3.63, 3.8) is 0 Å². The van der Waals surface area contributed by atoms with Crippen LogP contribution in [-0.2, 0) is 6.54 Å². The fourth-order valence-corrected chi connectivity index (χ4v) is 3.42. The number of hydrogen-bond donors (Lipinski definition) is 1. The summed E-state index contributed by atoms with van der Waals surface area (Å²) in [5.74, 6) is 0.00113. The summed E-state index contributed by atoms with van der Waals surface area (Å²) in [7, 11) is 0. The third kappa shape index (κ3) is 3.93. The van der Waals surface area contributed by atoms with E-state index in [1.54, 1.807) is 0 Å². The van der Waals surface area contributed by atoms with Crippen molar-refractivity contribution in [2.75, 3.05) is 26.2 Å². The zero-order valence-electron chi connectivity index (χ0n) is 15.2. The van der Waals surface area contributed by atoms with E-state index in [1.807, 2.05) is 25.1 Å². The molecular formula is C19H28ClN3O. The highest BCUT2D eigenvalue weighted by Gasteiger charge is 2.19. The van der Waals surface area contributed by atoms with Gasteiger partial charge >= 0.3 is 0 Å². The summed E-state index contributed by atoms with van der Waals surface area (Å²) in [5.41, 5.74) is 2.81. The summed E-state index contributed by atoms with van der Waals surface area (Å²) in [6.45, 7) is 12.9. The lowest BCUT2D eigenvalue weighted by atomic mass is 10.1. The first-order chi connectivity index (χ1) is 11.5. The summed E-state index contributed by atoms with van der Waals surface area (Å²) in [6.07, 6.45) is 0.963. The molecule has 0 fully saturated rings. The zero-order valence-corrected chi connectivity index (χ0v) is 15.9. The minimum absolute atomic E-state index is 0.00113. The van der Waals surface area contributed by atoms with Gasteiger partial charge in [0.05, 0.1) is 0 Å². The molecule has 1 heterocycles. The first-order valence-corrected chi connectivity index (χ1v) is 9.20. The number of halogens is 1. The summed E-state index contributed by atoms with van der Waals surface area (Å²) < 4.78 is 2.07. The van der Waals surface area contributed by atoms with Crippen LogP contribution in [0, 0.1) is 6.92 Å². The molecule has 5 heteroatoms. The van der Waals surface area contributed by atoms with Crippen LogP contribution in [0.1, 0.15) is 43.2 Å². The number of hydrogen-bond acceptors (Lipinski definition) is 2. The number of benzene rings is 1. The molecule has 0 spiro atoms. The average molecular weight is 350 g/mol. The molecule has 0 aliphatic rings. The van der Waals surface area contributed by atoms with Crippen LogP contribution in [0.15, 0.2) is 18.2 Å². The first kappa shape index (κ1) is 18.8. The van der Waals surface area contributed by atoms with Gasteiger partial charge in [-0.3, -0.25) is 4.79 Å². The molecule has 2 aromatic rings. The average Bonchev–Trinajstić information content (AvgIpc) is 2.86. The molecule has 0 saturated heterocycles. The molecule has 1 aromatic heterocycles. The second kappa shape index (κ2) is 8.54. The SMILES string of the molecule is CCN(CC)CCCNC(=O)c1c(C)c2cc(Cl)ccc2n1CC. The maximum absolute atomic E-state index is 12.7. The van der Waals surface area contributed by atoms with Gasteiger partial charge in [-0.05, 0) is 63.7 Å². The van der Waals surface area contributed by atoms with Gasteiger partial charge in [0.15, 0.2) is 0 Å². The highest BCUT2D eigenvalue weighted by molar-refractivity contribution is 6.31. The van der Waals surface area contributed by atoms with Crippen LogP contribution < -0.4 is 5.32 Å². The van der Waals surface area contributed by atoms with Gasteiger partial charge in [-0.25, -0.2) is 0 Å². The molecule has 0 atom stereocenters. The Kier molecular flexibility index (Phi) is 6.69. The predicted molar refractivity (Wildman–Crippen MR) is 102 cm³/mol. The maximum Gasteiger partial charge on any atom is 0.268 e. The van der Waals surface area contributed by atoms with Crippen molar-refractivity contribution in [1.29, 1.82) is 0 Å². The molecule has 0 unspecified atom stereocenters. The van der Waals surface area contributed by atoms with E-state index in [0.717, 1.165) is 54.8 Å². The van der Waals surface area contributed by atoms with Gasteiger partial charge in [0.1, 0.15) is 5.69 Å². The van der Waals surface area contributed by atoms with Crippen LogP contribution in [-0.4, -0.2) is 41.6 Å². The van der Waals surface area contributed by atoms with Crippen LogP contribution in [0.2, 0.25) is 5.02 Å². The second-order valence-electron chi connectivity index (χ2n) is 6.02. The number of nitrogens with one attached hydrogen (secondary N) is 1. The maximum atomic E-state index is 12.7. The quantitative estimate of drug-likeness (QED) is 0.729. The second-order valence-corrected chi connectivity index (χ2v) is 6.45. The summed E-state index contributed by atoms with van der Waals surface area (Å²) in [5, 5.41) is 4.83. The lowest BCUT2D eigenvalue weighted by Gasteiger charge is -2.17. The monoisotopic (exact) mass is 349 g/mol. The van der Waals surface area contributed by atoms with Crippen molar-refractivity contribution < 1.29 is 4.79 Å². The number of carbonyl (C=O) groups excluding carboxylic acids is 1. The van der Waals surface area contributed by atoms with Crippen LogP contribution in [0.5, 0.6) is 0 Å². The van der Waals surface area contributed by atoms with Crippen molar-refractivity contribution >= 4 is 28.4 Å². The molecule has 0 aliphatic carbocycles. The van der Waals surface area contributed by atoms with Gasteiger partial charge in [-0.1, -0.05) is 25.4 Å². The molecule has 0 radical (unpaired) electrons. The van der Waals surface area contributed by atoms with Crippen molar-refractivity contribution in [3.8, 4) is 0 Å². The lowest BCUT2D eigenvalue weighted by molar-refractivity contribution is 0.0942. The van der Waals surface area contributed by atoms with Gasteiger partial charge in [0.2, 0.25) is 0 Å². The molecule has 4 nitrogen and oxygen atoms in total. The summed E-state index contributed by atoms with van der Waals surface area (Å²) in [4.78, 5) is 15.1. The molecule has 24 heavy (non-hydrogen) atoms.